The van der Waals surface area contributed by atoms with E-state index < -0.39 is 0 Å². The average Bonchev–Trinajstić information content (AvgIpc) is 3.22. The van der Waals surface area contributed by atoms with E-state index in [0.717, 1.165) is 34.9 Å². The van der Waals surface area contributed by atoms with Crippen LogP contribution in [-0.2, 0) is 12.8 Å². The van der Waals surface area contributed by atoms with Gasteiger partial charge in [-0.05, 0) is 43.4 Å². The van der Waals surface area contributed by atoms with Gasteiger partial charge in [-0.1, -0.05) is 30.0 Å². The van der Waals surface area contributed by atoms with Crippen LogP contribution in [0.25, 0.3) is 10.2 Å². The maximum atomic E-state index is 12.6. The number of fused-ring (bicyclic) bond motifs is 5. The molecule has 1 atom stereocenters. The summed E-state index contributed by atoms with van der Waals surface area (Å²) in [5.74, 6) is 2.03. The maximum Gasteiger partial charge on any atom is 0.282 e. The van der Waals surface area contributed by atoms with Crippen molar-refractivity contribution in [2.75, 3.05) is 11.5 Å². The fraction of sp³-hybridized carbons (Fsp3) is 0.368. The molecule has 0 unspecified atom stereocenters. The van der Waals surface area contributed by atoms with Gasteiger partial charge in [-0.15, -0.1) is 23.1 Å². The summed E-state index contributed by atoms with van der Waals surface area (Å²) in [6, 6.07) is 11.0. The summed E-state index contributed by atoms with van der Waals surface area (Å²) in [5.41, 5.74) is 1.29. The second-order valence-electron chi connectivity index (χ2n) is 6.55. The van der Waals surface area contributed by atoms with Crippen molar-refractivity contribution in [3.63, 3.8) is 0 Å². The first-order valence-electron chi connectivity index (χ1n) is 8.68. The average molecular weight is 387 g/mol. The molecule has 0 spiro atoms. The Morgan fingerprint density at radius 3 is 2.92 bits per heavy atom. The second-order valence-corrected chi connectivity index (χ2v) is 9.71. The molecule has 25 heavy (non-hydrogen) atoms. The van der Waals surface area contributed by atoms with Gasteiger partial charge in [0.2, 0.25) is 0 Å². The molecule has 128 valence electrons. The summed E-state index contributed by atoms with van der Waals surface area (Å²) < 4.78 is 2.36. The molecule has 0 saturated heterocycles. The van der Waals surface area contributed by atoms with Gasteiger partial charge in [0.15, 0.2) is 5.16 Å². The second kappa shape index (κ2) is 6.49. The number of hydrogen-bond acceptors (Lipinski definition) is 5. The first-order valence-corrected chi connectivity index (χ1v) is 11.5. The van der Waals surface area contributed by atoms with E-state index in [4.69, 9.17) is 0 Å². The molecule has 2 aliphatic rings. The van der Waals surface area contributed by atoms with Crippen molar-refractivity contribution in [2.24, 2.45) is 0 Å². The number of aromatic nitrogens is 2. The number of aryl methyl sites for hydroxylation is 2. The fourth-order valence-corrected chi connectivity index (χ4v) is 7.52. The van der Waals surface area contributed by atoms with E-state index in [1.165, 1.54) is 33.0 Å². The Morgan fingerprint density at radius 2 is 2.04 bits per heavy atom. The molecule has 0 saturated carbocycles. The summed E-state index contributed by atoms with van der Waals surface area (Å²) in [6.45, 7) is 0. The minimum absolute atomic E-state index is 0.00971. The van der Waals surface area contributed by atoms with Crippen molar-refractivity contribution in [2.45, 2.75) is 41.8 Å². The summed E-state index contributed by atoms with van der Waals surface area (Å²) in [5, 5.41) is 1.83. The van der Waals surface area contributed by atoms with Crippen LogP contribution in [0.4, 0.5) is 0 Å². The zero-order chi connectivity index (χ0) is 16.8. The number of benzene rings is 1. The summed E-state index contributed by atoms with van der Waals surface area (Å²) in [4.78, 5) is 21.0. The Bertz CT molecular complexity index is 993. The van der Waals surface area contributed by atoms with Gasteiger partial charge in [0.1, 0.15) is 4.83 Å². The van der Waals surface area contributed by atoms with Gasteiger partial charge in [-0.3, -0.25) is 4.79 Å². The van der Waals surface area contributed by atoms with E-state index in [9.17, 15) is 4.79 Å². The van der Waals surface area contributed by atoms with Crippen molar-refractivity contribution in [3.05, 3.63) is 51.1 Å². The SMILES string of the molecule is O=c1nc2n(c3sc4c(c13)CCCC4)[C@H](CSc1ccccc1)CS2. The number of nitrogens with zero attached hydrogens (tertiary/aromatic N) is 2. The Morgan fingerprint density at radius 1 is 1.20 bits per heavy atom. The van der Waals surface area contributed by atoms with Crippen LogP contribution in [0.15, 0.2) is 45.2 Å². The first kappa shape index (κ1) is 16.0. The van der Waals surface area contributed by atoms with Gasteiger partial charge in [0, 0.05) is 21.3 Å². The van der Waals surface area contributed by atoms with E-state index in [-0.39, 0.29) is 5.56 Å². The lowest BCUT2D eigenvalue weighted by atomic mass is 9.97. The molecule has 0 amide bonds. The van der Waals surface area contributed by atoms with Crippen LogP contribution in [-0.4, -0.2) is 21.1 Å². The molecule has 3 nitrogen and oxygen atoms in total. The molecular formula is C19H18N2OS3. The van der Waals surface area contributed by atoms with Crippen molar-refractivity contribution >= 4 is 45.1 Å². The van der Waals surface area contributed by atoms with E-state index in [1.807, 2.05) is 23.1 Å². The van der Waals surface area contributed by atoms with Gasteiger partial charge in [0.05, 0.1) is 11.4 Å². The van der Waals surface area contributed by atoms with Crippen molar-refractivity contribution in [1.29, 1.82) is 0 Å². The summed E-state index contributed by atoms with van der Waals surface area (Å²) in [6.07, 6.45) is 4.61. The molecule has 1 aliphatic heterocycles. The highest BCUT2D eigenvalue weighted by atomic mass is 32.2. The number of hydrogen-bond donors (Lipinski definition) is 0. The highest BCUT2D eigenvalue weighted by Gasteiger charge is 2.29. The summed E-state index contributed by atoms with van der Waals surface area (Å²) in [7, 11) is 0. The molecule has 0 radical (unpaired) electrons. The van der Waals surface area contributed by atoms with Gasteiger partial charge in [-0.25, -0.2) is 0 Å². The molecule has 6 heteroatoms. The standard InChI is InChI=1S/C19H18N2OS3/c22-17-16-14-8-4-5-9-15(14)25-18(16)21-12(11-24-19(21)20-17)10-23-13-6-2-1-3-7-13/h1-3,6-7,12H,4-5,8-11H2/t12-/m1/s1. The smallest absolute Gasteiger partial charge is 0.282 e. The zero-order valence-corrected chi connectivity index (χ0v) is 16.2. The molecule has 5 rings (SSSR count). The van der Waals surface area contributed by atoms with Crippen molar-refractivity contribution in [1.82, 2.24) is 9.55 Å². The third-order valence-electron chi connectivity index (χ3n) is 4.94. The molecule has 0 fully saturated rings. The van der Waals surface area contributed by atoms with E-state index in [0.29, 0.717) is 6.04 Å². The minimum atomic E-state index is -0.00971. The molecule has 0 bridgehead atoms. The van der Waals surface area contributed by atoms with Crippen LogP contribution in [0.3, 0.4) is 0 Å². The van der Waals surface area contributed by atoms with Gasteiger partial charge in [0.25, 0.3) is 5.56 Å². The van der Waals surface area contributed by atoms with Gasteiger partial charge >= 0.3 is 0 Å². The Kier molecular flexibility index (Phi) is 4.14. The van der Waals surface area contributed by atoms with Gasteiger partial charge < -0.3 is 4.57 Å². The van der Waals surface area contributed by atoms with Crippen LogP contribution in [0, 0.1) is 0 Å². The third-order valence-corrected chi connectivity index (χ3v) is 8.49. The van der Waals surface area contributed by atoms with E-state index in [2.05, 4.69) is 39.9 Å². The molecular weight excluding hydrogens is 368 g/mol. The van der Waals surface area contributed by atoms with Crippen LogP contribution in [0.2, 0.25) is 0 Å². The Labute approximate surface area is 158 Å². The topological polar surface area (TPSA) is 34.9 Å². The largest absolute Gasteiger partial charge is 0.307 e. The first-order chi connectivity index (χ1) is 12.3. The van der Waals surface area contributed by atoms with Crippen LogP contribution in [0.1, 0.15) is 29.3 Å². The molecule has 1 aromatic carbocycles. The molecule has 0 N–H and O–H groups in total. The van der Waals surface area contributed by atoms with Crippen LogP contribution >= 0.6 is 34.9 Å². The minimum Gasteiger partial charge on any atom is -0.307 e. The van der Waals surface area contributed by atoms with Crippen LogP contribution in [0.5, 0.6) is 0 Å². The lowest BCUT2D eigenvalue weighted by Gasteiger charge is -2.15. The monoisotopic (exact) mass is 386 g/mol. The van der Waals surface area contributed by atoms with Crippen molar-refractivity contribution in [3.8, 4) is 0 Å². The Hall–Kier alpha value is -1.24. The lowest BCUT2D eigenvalue weighted by Crippen LogP contribution is -2.17. The molecule has 2 aromatic heterocycles. The fourth-order valence-electron chi connectivity index (χ4n) is 3.73. The number of rotatable bonds is 3. The Balaban J connectivity index is 1.56. The predicted octanol–water partition coefficient (Wildman–Crippen LogP) is 4.78. The quantitative estimate of drug-likeness (QED) is 0.479. The maximum absolute atomic E-state index is 12.6. The molecule has 3 heterocycles. The van der Waals surface area contributed by atoms with Gasteiger partial charge in [-0.2, -0.15) is 4.98 Å². The molecule has 1 aliphatic carbocycles. The summed E-state index contributed by atoms with van der Waals surface area (Å²) >= 11 is 5.47. The lowest BCUT2D eigenvalue weighted by molar-refractivity contribution is 0.595. The number of thioether (sulfide) groups is 2. The molecule has 3 aromatic rings. The predicted molar refractivity (Wildman–Crippen MR) is 107 cm³/mol. The highest BCUT2D eigenvalue weighted by molar-refractivity contribution is 8.00. The van der Waals surface area contributed by atoms with Crippen molar-refractivity contribution < 1.29 is 0 Å². The normalized spacial score (nSPS) is 19.1. The zero-order valence-electron chi connectivity index (χ0n) is 13.7. The highest BCUT2D eigenvalue weighted by Crippen LogP contribution is 2.42. The van der Waals surface area contributed by atoms with E-state index in [1.54, 1.807) is 11.8 Å². The van der Waals surface area contributed by atoms with E-state index >= 15 is 0 Å². The number of thiophene rings is 1. The van der Waals surface area contributed by atoms with Crippen LogP contribution < -0.4 is 5.56 Å². The third kappa shape index (κ3) is 2.75.